The Labute approximate surface area is 108 Å². The molecule has 2 heterocycles. The predicted octanol–water partition coefficient (Wildman–Crippen LogP) is 2.71. The normalized spacial score (nSPS) is 24.1. The average molecular weight is 248 g/mol. The van der Waals surface area contributed by atoms with E-state index in [4.69, 9.17) is 5.11 Å². The van der Waals surface area contributed by atoms with Gasteiger partial charge in [-0.05, 0) is 44.7 Å². The van der Waals surface area contributed by atoms with Crippen LogP contribution in [0.2, 0.25) is 0 Å². The van der Waals surface area contributed by atoms with Gasteiger partial charge in [-0.15, -0.1) is 0 Å². The number of rotatable bonds is 2. The minimum absolute atomic E-state index is 0.322. The van der Waals surface area contributed by atoms with E-state index < -0.39 is 5.97 Å². The van der Waals surface area contributed by atoms with Gasteiger partial charge in [0.2, 0.25) is 0 Å². The third-order valence-corrected chi connectivity index (χ3v) is 3.60. The average Bonchev–Trinajstić information content (AvgIpc) is 2.31. The lowest BCUT2D eigenvalue weighted by molar-refractivity contribution is 0.0696. The second kappa shape index (κ2) is 4.96. The fourth-order valence-electron chi connectivity index (χ4n) is 2.53. The quantitative estimate of drug-likeness (QED) is 0.874. The SMILES string of the molecule is Cc1cc(C(=O)O)cc(N2CC(C)CCC2C)n1. The summed E-state index contributed by atoms with van der Waals surface area (Å²) in [7, 11) is 0. The van der Waals surface area contributed by atoms with Gasteiger partial charge in [0.1, 0.15) is 5.82 Å². The van der Waals surface area contributed by atoms with Gasteiger partial charge in [0.05, 0.1) is 5.56 Å². The van der Waals surface area contributed by atoms with E-state index in [0.717, 1.165) is 24.5 Å². The van der Waals surface area contributed by atoms with Crippen molar-refractivity contribution >= 4 is 11.8 Å². The molecule has 1 aliphatic heterocycles. The van der Waals surface area contributed by atoms with Gasteiger partial charge in [-0.1, -0.05) is 6.92 Å². The summed E-state index contributed by atoms with van der Waals surface area (Å²) in [5, 5.41) is 9.10. The van der Waals surface area contributed by atoms with Crippen molar-refractivity contribution in [3.63, 3.8) is 0 Å². The fourth-order valence-corrected chi connectivity index (χ4v) is 2.53. The summed E-state index contributed by atoms with van der Waals surface area (Å²) in [6.45, 7) is 7.20. The molecule has 2 unspecified atom stereocenters. The van der Waals surface area contributed by atoms with Crippen LogP contribution < -0.4 is 4.90 Å². The Kier molecular flexibility index (Phi) is 3.55. The smallest absolute Gasteiger partial charge is 0.335 e. The van der Waals surface area contributed by atoms with Crippen LogP contribution in [0.3, 0.4) is 0 Å². The van der Waals surface area contributed by atoms with Crippen molar-refractivity contribution in [3.8, 4) is 0 Å². The first-order valence-electron chi connectivity index (χ1n) is 6.46. The maximum atomic E-state index is 11.1. The standard InChI is InChI=1S/C14H20N2O2/c1-9-4-5-11(3)16(8-9)13-7-12(14(17)18)6-10(2)15-13/h6-7,9,11H,4-5,8H2,1-3H3,(H,17,18). The molecule has 0 spiro atoms. The maximum absolute atomic E-state index is 11.1. The zero-order valence-electron chi connectivity index (χ0n) is 11.2. The molecule has 98 valence electrons. The Morgan fingerprint density at radius 1 is 1.39 bits per heavy atom. The number of carbonyl (C=O) groups is 1. The number of aryl methyl sites for hydroxylation is 1. The Balaban J connectivity index is 2.34. The topological polar surface area (TPSA) is 53.4 Å². The van der Waals surface area contributed by atoms with E-state index in [1.54, 1.807) is 12.1 Å². The number of carboxylic acids is 1. The minimum Gasteiger partial charge on any atom is -0.478 e. The van der Waals surface area contributed by atoms with E-state index in [-0.39, 0.29) is 0 Å². The maximum Gasteiger partial charge on any atom is 0.335 e. The molecule has 1 aromatic heterocycles. The van der Waals surface area contributed by atoms with E-state index in [9.17, 15) is 4.79 Å². The number of hydrogen-bond donors (Lipinski definition) is 1. The summed E-state index contributed by atoms with van der Waals surface area (Å²) in [4.78, 5) is 17.8. The van der Waals surface area contributed by atoms with Crippen LogP contribution in [0, 0.1) is 12.8 Å². The van der Waals surface area contributed by atoms with Crippen molar-refractivity contribution in [2.75, 3.05) is 11.4 Å². The molecule has 1 N–H and O–H groups in total. The molecule has 18 heavy (non-hydrogen) atoms. The van der Waals surface area contributed by atoms with Crippen LogP contribution in [0.15, 0.2) is 12.1 Å². The second-order valence-electron chi connectivity index (χ2n) is 5.34. The fraction of sp³-hybridized carbons (Fsp3) is 0.571. The van der Waals surface area contributed by atoms with Crippen molar-refractivity contribution in [1.82, 2.24) is 4.98 Å². The molecule has 1 aromatic rings. The molecule has 0 saturated carbocycles. The highest BCUT2D eigenvalue weighted by Crippen LogP contribution is 2.27. The molecule has 0 bridgehead atoms. The van der Waals surface area contributed by atoms with Gasteiger partial charge in [0, 0.05) is 18.3 Å². The van der Waals surface area contributed by atoms with Crippen LogP contribution >= 0.6 is 0 Å². The van der Waals surface area contributed by atoms with Crippen LogP contribution in [0.25, 0.3) is 0 Å². The summed E-state index contributed by atoms with van der Waals surface area (Å²) < 4.78 is 0. The third kappa shape index (κ3) is 2.63. The molecular weight excluding hydrogens is 228 g/mol. The minimum atomic E-state index is -0.889. The van der Waals surface area contributed by atoms with Crippen LogP contribution in [0.1, 0.15) is 42.7 Å². The largest absolute Gasteiger partial charge is 0.478 e. The molecule has 4 heteroatoms. The van der Waals surface area contributed by atoms with E-state index in [0.29, 0.717) is 17.5 Å². The molecule has 0 aliphatic carbocycles. The molecular formula is C14H20N2O2. The van der Waals surface area contributed by atoms with Crippen LogP contribution in [-0.2, 0) is 0 Å². The molecule has 1 fully saturated rings. The molecule has 1 saturated heterocycles. The van der Waals surface area contributed by atoms with Crippen LogP contribution in [-0.4, -0.2) is 28.6 Å². The Bertz CT molecular complexity index is 459. The van der Waals surface area contributed by atoms with E-state index in [1.165, 1.54) is 6.42 Å². The number of carboxylic acid groups (broad SMARTS) is 1. The lowest BCUT2D eigenvalue weighted by Crippen LogP contribution is -2.41. The third-order valence-electron chi connectivity index (χ3n) is 3.60. The first kappa shape index (κ1) is 12.9. The molecule has 2 atom stereocenters. The number of aromatic carboxylic acids is 1. The monoisotopic (exact) mass is 248 g/mol. The number of anilines is 1. The van der Waals surface area contributed by atoms with Crippen molar-refractivity contribution in [3.05, 3.63) is 23.4 Å². The molecule has 2 rings (SSSR count). The Morgan fingerprint density at radius 2 is 2.11 bits per heavy atom. The Morgan fingerprint density at radius 3 is 2.78 bits per heavy atom. The van der Waals surface area contributed by atoms with Crippen molar-refractivity contribution in [2.45, 2.75) is 39.7 Å². The van der Waals surface area contributed by atoms with Crippen molar-refractivity contribution in [2.24, 2.45) is 5.92 Å². The highest BCUT2D eigenvalue weighted by Gasteiger charge is 2.24. The van der Waals surface area contributed by atoms with Crippen LogP contribution in [0.5, 0.6) is 0 Å². The second-order valence-corrected chi connectivity index (χ2v) is 5.34. The zero-order valence-corrected chi connectivity index (χ0v) is 11.2. The lowest BCUT2D eigenvalue weighted by Gasteiger charge is -2.38. The number of piperidine rings is 1. The predicted molar refractivity (Wildman–Crippen MR) is 71.1 cm³/mol. The van der Waals surface area contributed by atoms with Gasteiger partial charge in [-0.2, -0.15) is 0 Å². The molecule has 1 aliphatic rings. The van der Waals surface area contributed by atoms with Crippen LogP contribution in [0.4, 0.5) is 5.82 Å². The summed E-state index contributed by atoms with van der Waals surface area (Å²) in [6.07, 6.45) is 2.37. The van der Waals surface area contributed by atoms with Gasteiger partial charge in [0.15, 0.2) is 0 Å². The van der Waals surface area contributed by atoms with Gasteiger partial charge in [-0.3, -0.25) is 0 Å². The number of hydrogen-bond acceptors (Lipinski definition) is 3. The summed E-state index contributed by atoms with van der Waals surface area (Å²) in [6, 6.07) is 3.73. The van der Waals surface area contributed by atoms with Gasteiger partial charge in [-0.25, -0.2) is 9.78 Å². The molecule has 0 amide bonds. The van der Waals surface area contributed by atoms with E-state index >= 15 is 0 Å². The highest BCUT2D eigenvalue weighted by molar-refractivity contribution is 5.88. The van der Waals surface area contributed by atoms with Crippen molar-refractivity contribution in [1.29, 1.82) is 0 Å². The Hall–Kier alpha value is -1.58. The zero-order chi connectivity index (χ0) is 13.3. The summed E-state index contributed by atoms with van der Waals surface area (Å²) in [5.74, 6) is 0.544. The number of aromatic nitrogens is 1. The molecule has 0 radical (unpaired) electrons. The summed E-state index contributed by atoms with van der Waals surface area (Å²) >= 11 is 0. The highest BCUT2D eigenvalue weighted by atomic mass is 16.4. The number of nitrogens with zero attached hydrogens (tertiary/aromatic N) is 2. The first-order valence-corrected chi connectivity index (χ1v) is 6.46. The number of pyridine rings is 1. The summed E-state index contributed by atoms with van der Waals surface area (Å²) in [5.41, 5.74) is 1.08. The van der Waals surface area contributed by atoms with E-state index in [2.05, 4.69) is 23.7 Å². The molecule has 0 aromatic carbocycles. The van der Waals surface area contributed by atoms with Crippen molar-refractivity contribution < 1.29 is 9.90 Å². The van der Waals surface area contributed by atoms with E-state index in [1.807, 2.05) is 6.92 Å². The van der Waals surface area contributed by atoms with Gasteiger partial charge >= 0.3 is 5.97 Å². The van der Waals surface area contributed by atoms with Gasteiger partial charge < -0.3 is 10.0 Å². The molecule has 4 nitrogen and oxygen atoms in total. The van der Waals surface area contributed by atoms with Gasteiger partial charge in [0.25, 0.3) is 0 Å². The first-order chi connectivity index (χ1) is 8.47. The lowest BCUT2D eigenvalue weighted by atomic mass is 9.95.